The predicted molar refractivity (Wildman–Crippen MR) is 46.8 cm³/mol. The van der Waals surface area contributed by atoms with Crippen LogP contribution in [-0.2, 0) is 9.59 Å². The number of carboxylic acids is 2. The molecule has 1 aliphatic rings. The van der Waals surface area contributed by atoms with Crippen molar-refractivity contribution in [1.82, 2.24) is 0 Å². The van der Waals surface area contributed by atoms with Crippen molar-refractivity contribution in [3.8, 4) is 0 Å². The molecular weight excluding hydrogens is 188 g/mol. The number of aliphatic hydroxyl groups excluding tert-OH is 1. The van der Waals surface area contributed by atoms with E-state index in [-0.39, 0.29) is 17.8 Å². The molecule has 0 saturated heterocycles. The minimum Gasteiger partial charge on any atom is -0.511 e. The zero-order chi connectivity index (χ0) is 10.9. The molecule has 0 heterocycles. The highest BCUT2D eigenvalue weighted by Crippen LogP contribution is 2.36. The number of hydrogen-bond donors (Lipinski definition) is 3. The van der Waals surface area contributed by atoms with Gasteiger partial charge in [-0.2, -0.15) is 0 Å². The lowest BCUT2D eigenvalue weighted by Gasteiger charge is -2.26. The summed E-state index contributed by atoms with van der Waals surface area (Å²) in [5.41, 5.74) is -1.55. The summed E-state index contributed by atoms with van der Waals surface area (Å²) in [7, 11) is 0. The van der Waals surface area contributed by atoms with Crippen molar-refractivity contribution in [2.45, 2.75) is 13.3 Å². The molecule has 0 saturated carbocycles. The standard InChI is InChI=1S/C9H10O5/c1-9(8(13)14)4-5(7(11)12)2-3-6(9)10/h2-3,10H,4H2,1H3,(H,11,12)(H,13,14)/t9-/m1/s1. The minimum atomic E-state index is -1.53. The second-order valence-corrected chi connectivity index (χ2v) is 3.36. The molecule has 1 atom stereocenters. The normalized spacial score (nSPS) is 26.4. The average Bonchev–Trinajstić information content (AvgIpc) is 2.09. The molecule has 14 heavy (non-hydrogen) atoms. The number of aliphatic carboxylic acids is 2. The maximum atomic E-state index is 10.8. The molecule has 76 valence electrons. The van der Waals surface area contributed by atoms with Crippen LogP contribution in [0.3, 0.4) is 0 Å². The summed E-state index contributed by atoms with van der Waals surface area (Å²) in [6.45, 7) is 1.29. The Kier molecular flexibility index (Phi) is 2.33. The second kappa shape index (κ2) is 3.17. The highest BCUT2D eigenvalue weighted by Gasteiger charge is 2.41. The monoisotopic (exact) mass is 198 g/mol. The molecule has 0 amide bonds. The molecular formula is C9H10O5. The van der Waals surface area contributed by atoms with Gasteiger partial charge in [0, 0.05) is 12.0 Å². The van der Waals surface area contributed by atoms with Crippen LogP contribution < -0.4 is 0 Å². The molecule has 0 aromatic carbocycles. The van der Waals surface area contributed by atoms with Gasteiger partial charge in [0.15, 0.2) is 0 Å². The lowest BCUT2D eigenvalue weighted by Crippen LogP contribution is -2.33. The Balaban J connectivity index is 3.09. The van der Waals surface area contributed by atoms with Crippen molar-refractivity contribution in [2.75, 3.05) is 0 Å². The van der Waals surface area contributed by atoms with E-state index in [2.05, 4.69) is 0 Å². The van der Waals surface area contributed by atoms with Crippen LogP contribution in [0.4, 0.5) is 0 Å². The molecule has 0 aromatic rings. The van der Waals surface area contributed by atoms with Crippen LogP contribution in [0.5, 0.6) is 0 Å². The van der Waals surface area contributed by atoms with E-state index in [1.807, 2.05) is 0 Å². The van der Waals surface area contributed by atoms with Gasteiger partial charge in [0.1, 0.15) is 11.2 Å². The smallest absolute Gasteiger partial charge is 0.331 e. The number of carboxylic acid groups (broad SMARTS) is 2. The summed E-state index contributed by atoms with van der Waals surface area (Å²) in [6, 6.07) is 0. The van der Waals surface area contributed by atoms with Gasteiger partial charge < -0.3 is 15.3 Å². The van der Waals surface area contributed by atoms with E-state index in [1.54, 1.807) is 0 Å². The summed E-state index contributed by atoms with van der Waals surface area (Å²) in [4.78, 5) is 21.4. The molecule has 5 heteroatoms. The van der Waals surface area contributed by atoms with Gasteiger partial charge in [-0.3, -0.25) is 4.79 Å². The van der Waals surface area contributed by atoms with Gasteiger partial charge in [0.05, 0.1) is 0 Å². The second-order valence-electron chi connectivity index (χ2n) is 3.36. The quantitative estimate of drug-likeness (QED) is 0.613. The Morgan fingerprint density at radius 2 is 1.93 bits per heavy atom. The molecule has 0 unspecified atom stereocenters. The van der Waals surface area contributed by atoms with Crippen LogP contribution in [0, 0.1) is 5.41 Å². The minimum absolute atomic E-state index is 0.0206. The van der Waals surface area contributed by atoms with Crippen molar-refractivity contribution < 1.29 is 24.9 Å². The first-order chi connectivity index (χ1) is 6.38. The Bertz CT molecular complexity index is 352. The summed E-state index contributed by atoms with van der Waals surface area (Å²) >= 11 is 0. The van der Waals surface area contributed by atoms with Crippen LogP contribution in [0.15, 0.2) is 23.5 Å². The van der Waals surface area contributed by atoms with E-state index in [4.69, 9.17) is 10.2 Å². The third-order valence-electron chi connectivity index (χ3n) is 2.30. The van der Waals surface area contributed by atoms with E-state index < -0.39 is 17.4 Å². The summed E-state index contributed by atoms with van der Waals surface area (Å²) < 4.78 is 0. The van der Waals surface area contributed by atoms with Crippen LogP contribution in [0.25, 0.3) is 0 Å². The largest absolute Gasteiger partial charge is 0.511 e. The Morgan fingerprint density at radius 3 is 2.36 bits per heavy atom. The molecule has 0 radical (unpaired) electrons. The van der Waals surface area contributed by atoms with E-state index in [0.29, 0.717) is 0 Å². The molecule has 5 nitrogen and oxygen atoms in total. The third-order valence-corrected chi connectivity index (χ3v) is 2.30. The predicted octanol–water partition coefficient (Wildman–Crippen LogP) is 0.934. The molecule has 0 fully saturated rings. The van der Waals surface area contributed by atoms with Gasteiger partial charge in [0.2, 0.25) is 0 Å². The topological polar surface area (TPSA) is 94.8 Å². The Morgan fingerprint density at radius 1 is 1.36 bits per heavy atom. The highest BCUT2D eigenvalue weighted by atomic mass is 16.4. The van der Waals surface area contributed by atoms with Crippen LogP contribution in [0.2, 0.25) is 0 Å². The maximum Gasteiger partial charge on any atom is 0.331 e. The van der Waals surface area contributed by atoms with Crippen molar-refractivity contribution in [2.24, 2.45) is 5.41 Å². The van der Waals surface area contributed by atoms with Crippen molar-refractivity contribution in [3.63, 3.8) is 0 Å². The lowest BCUT2D eigenvalue weighted by atomic mass is 9.78. The first kappa shape index (κ1) is 10.3. The van der Waals surface area contributed by atoms with E-state index >= 15 is 0 Å². The fourth-order valence-electron chi connectivity index (χ4n) is 1.23. The van der Waals surface area contributed by atoms with Gasteiger partial charge in [-0.25, -0.2) is 4.79 Å². The number of rotatable bonds is 2. The van der Waals surface area contributed by atoms with E-state index in [1.165, 1.54) is 13.0 Å². The van der Waals surface area contributed by atoms with Crippen molar-refractivity contribution in [3.05, 3.63) is 23.5 Å². The number of allylic oxidation sites excluding steroid dienone is 2. The first-order valence-corrected chi connectivity index (χ1v) is 3.95. The SMILES string of the molecule is C[C@@]1(C(=O)O)CC(C(=O)O)=CC=C1O. The van der Waals surface area contributed by atoms with Crippen LogP contribution in [-0.4, -0.2) is 27.3 Å². The fraction of sp³-hybridized carbons (Fsp3) is 0.333. The molecule has 0 spiro atoms. The van der Waals surface area contributed by atoms with E-state index in [0.717, 1.165) is 6.08 Å². The fourth-order valence-corrected chi connectivity index (χ4v) is 1.23. The number of carbonyl (C=O) groups is 2. The van der Waals surface area contributed by atoms with Gasteiger partial charge >= 0.3 is 11.9 Å². The molecule has 0 bridgehead atoms. The van der Waals surface area contributed by atoms with Gasteiger partial charge in [0.25, 0.3) is 0 Å². The Hall–Kier alpha value is -1.78. The zero-order valence-corrected chi connectivity index (χ0v) is 7.52. The summed E-state index contributed by atoms with van der Waals surface area (Å²) in [5, 5.41) is 26.9. The van der Waals surface area contributed by atoms with Crippen LogP contribution >= 0.6 is 0 Å². The van der Waals surface area contributed by atoms with Crippen LogP contribution in [0.1, 0.15) is 13.3 Å². The molecule has 1 aliphatic carbocycles. The van der Waals surface area contributed by atoms with Gasteiger partial charge in [-0.1, -0.05) is 0 Å². The third kappa shape index (κ3) is 1.48. The van der Waals surface area contributed by atoms with Crippen molar-refractivity contribution in [1.29, 1.82) is 0 Å². The summed E-state index contributed by atoms with van der Waals surface area (Å²) in [6.07, 6.45) is 2.11. The maximum absolute atomic E-state index is 10.8. The van der Waals surface area contributed by atoms with Crippen molar-refractivity contribution >= 4 is 11.9 Å². The molecule has 0 aromatic heterocycles. The van der Waals surface area contributed by atoms with Gasteiger partial charge in [-0.05, 0) is 19.1 Å². The first-order valence-electron chi connectivity index (χ1n) is 3.95. The highest BCUT2D eigenvalue weighted by molar-refractivity contribution is 5.90. The number of aliphatic hydroxyl groups is 1. The lowest BCUT2D eigenvalue weighted by molar-refractivity contribution is -0.147. The molecule has 0 aliphatic heterocycles. The summed E-state index contributed by atoms with van der Waals surface area (Å²) in [5.74, 6) is -2.73. The molecule has 3 N–H and O–H groups in total. The molecule has 1 rings (SSSR count). The number of hydrogen-bond acceptors (Lipinski definition) is 3. The van der Waals surface area contributed by atoms with Gasteiger partial charge in [-0.15, -0.1) is 0 Å². The van der Waals surface area contributed by atoms with E-state index in [9.17, 15) is 14.7 Å². The Labute approximate surface area is 80.0 Å². The average molecular weight is 198 g/mol. The zero-order valence-electron chi connectivity index (χ0n) is 7.52.